The maximum atomic E-state index is 12.9. The molecule has 0 aliphatic rings. The van der Waals surface area contributed by atoms with E-state index in [9.17, 15) is 34.8 Å². The van der Waals surface area contributed by atoms with Crippen LogP contribution in [0.1, 0.15) is 11.1 Å². The molecule has 5 nitrogen and oxygen atoms in total. The summed E-state index contributed by atoms with van der Waals surface area (Å²) in [5.41, 5.74) is -3.67. The molecule has 2 aromatic carbocycles. The van der Waals surface area contributed by atoms with Crippen LogP contribution in [0, 0.1) is 0 Å². The minimum absolute atomic E-state index is 0.120. The van der Waals surface area contributed by atoms with Gasteiger partial charge in [0.15, 0.2) is 0 Å². The van der Waals surface area contributed by atoms with Crippen LogP contribution < -0.4 is 14.2 Å². The van der Waals surface area contributed by atoms with Gasteiger partial charge in [0.25, 0.3) is 10.0 Å². The van der Waals surface area contributed by atoms with Crippen LogP contribution in [0.25, 0.3) is 0 Å². The van der Waals surface area contributed by atoms with E-state index in [-0.39, 0.29) is 35.4 Å². The second kappa shape index (κ2) is 7.41. The first-order valence-electron chi connectivity index (χ1n) is 7.31. The monoisotopic (exact) mass is 429 g/mol. The number of benzene rings is 2. The minimum Gasteiger partial charge on any atom is -0.497 e. The average Bonchev–Trinajstić information content (AvgIpc) is 2.59. The number of hydrogen-bond acceptors (Lipinski definition) is 4. The molecule has 2 rings (SSSR count). The molecule has 0 aliphatic carbocycles. The topological polar surface area (TPSA) is 64.6 Å². The zero-order valence-electron chi connectivity index (χ0n) is 14.3. The summed E-state index contributed by atoms with van der Waals surface area (Å²) in [5, 5.41) is 0. The van der Waals surface area contributed by atoms with E-state index in [2.05, 4.69) is 0 Å². The van der Waals surface area contributed by atoms with Crippen molar-refractivity contribution in [1.29, 1.82) is 0 Å². The molecule has 0 saturated heterocycles. The molecule has 0 amide bonds. The summed E-state index contributed by atoms with van der Waals surface area (Å²) < 4.78 is 114. The Bertz CT molecular complexity index is 916. The second-order valence-corrected chi connectivity index (χ2v) is 7.13. The van der Waals surface area contributed by atoms with Gasteiger partial charge in [0, 0.05) is 18.2 Å². The van der Waals surface area contributed by atoms with Gasteiger partial charge in [0.1, 0.15) is 11.5 Å². The van der Waals surface area contributed by atoms with Crippen molar-refractivity contribution in [3.8, 4) is 11.5 Å². The summed E-state index contributed by atoms with van der Waals surface area (Å²) in [7, 11) is -2.24. The van der Waals surface area contributed by atoms with Gasteiger partial charge in [-0.3, -0.25) is 4.72 Å². The fourth-order valence-corrected chi connectivity index (χ4v) is 3.27. The molecule has 0 heterocycles. The van der Waals surface area contributed by atoms with Crippen LogP contribution in [-0.2, 0) is 22.4 Å². The van der Waals surface area contributed by atoms with E-state index in [0.29, 0.717) is 0 Å². The molecule has 0 spiro atoms. The van der Waals surface area contributed by atoms with Crippen LogP contribution in [0.5, 0.6) is 11.5 Å². The molecule has 0 saturated carbocycles. The summed E-state index contributed by atoms with van der Waals surface area (Å²) in [4.78, 5) is -1.20. The van der Waals surface area contributed by atoms with Crippen LogP contribution in [0.2, 0.25) is 0 Å². The lowest BCUT2D eigenvalue weighted by Gasteiger charge is -2.15. The number of sulfonamides is 1. The van der Waals surface area contributed by atoms with Gasteiger partial charge < -0.3 is 9.47 Å². The summed E-state index contributed by atoms with van der Waals surface area (Å²) in [6, 6.07) is 3.83. The molecule has 0 fully saturated rings. The number of hydrogen-bond donors (Lipinski definition) is 1. The van der Waals surface area contributed by atoms with Gasteiger partial charge >= 0.3 is 12.4 Å². The van der Waals surface area contributed by atoms with Crippen molar-refractivity contribution in [2.45, 2.75) is 17.2 Å². The molecule has 0 bridgehead atoms. The standard InChI is InChI=1S/C16H13F6NO4S/c1-26-12-6-11(7-13(8-12)27-2)23-28(24,25)14-4-9(15(17,18)19)3-10(5-14)16(20,21)22/h3-8,23H,1-2H3. The van der Waals surface area contributed by atoms with Gasteiger partial charge in [-0.05, 0) is 18.2 Å². The Hall–Kier alpha value is -2.63. The van der Waals surface area contributed by atoms with Gasteiger partial charge in [-0.25, -0.2) is 8.42 Å². The van der Waals surface area contributed by atoms with Crippen molar-refractivity contribution in [2.24, 2.45) is 0 Å². The van der Waals surface area contributed by atoms with E-state index < -0.39 is 38.4 Å². The van der Waals surface area contributed by atoms with Crippen molar-refractivity contribution in [2.75, 3.05) is 18.9 Å². The molecule has 0 radical (unpaired) electrons. The molecule has 0 aromatic heterocycles. The predicted molar refractivity (Wildman–Crippen MR) is 86.8 cm³/mol. The fourth-order valence-electron chi connectivity index (χ4n) is 2.16. The Balaban J connectivity index is 2.56. The first kappa shape index (κ1) is 21.7. The number of ether oxygens (including phenoxy) is 2. The average molecular weight is 429 g/mol. The van der Waals surface area contributed by atoms with Crippen molar-refractivity contribution >= 4 is 15.7 Å². The molecule has 0 unspecified atom stereocenters. The van der Waals surface area contributed by atoms with Crippen molar-refractivity contribution in [1.82, 2.24) is 0 Å². The summed E-state index contributed by atoms with van der Waals surface area (Å²) in [6.45, 7) is 0. The van der Waals surface area contributed by atoms with Gasteiger partial charge in [0.05, 0.1) is 35.9 Å². The number of rotatable bonds is 5. The van der Waals surface area contributed by atoms with E-state index in [0.717, 1.165) is 0 Å². The van der Waals surface area contributed by atoms with E-state index in [4.69, 9.17) is 9.47 Å². The van der Waals surface area contributed by atoms with Crippen LogP contribution in [0.15, 0.2) is 41.3 Å². The molecule has 0 atom stereocenters. The van der Waals surface area contributed by atoms with E-state index in [1.807, 2.05) is 4.72 Å². The quantitative estimate of drug-likeness (QED) is 0.709. The van der Waals surface area contributed by atoms with E-state index in [1.165, 1.54) is 32.4 Å². The lowest BCUT2D eigenvalue weighted by molar-refractivity contribution is -0.143. The zero-order valence-corrected chi connectivity index (χ0v) is 15.1. The van der Waals surface area contributed by atoms with Crippen molar-refractivity contribution in [3.05, 3.63) is 47.5 Å². The number of halogens is 6. The summed E-state index contributed by atoms with van der Waals surface area (Å²) in [5.74, 6) is 0.300. The summed E-state index contributed by atoms with van der Waals surface area (Å²) in [6.07, 6.45) is -10.4. The lowest BCUT2D eigenvalue weighted by Crippen LogP contribution is -2.17. The maximum absolute atomic E-state index is 12.9. The van der Waals surface area contributed by atoms with Crippen LogP contribution in [0.3, 0.4) is 0 Å². The van der Waals surface area contributed by atoms with Gasteiger partial charge in [-0.1, -0.05) is 0 Å². The van der Waals surface area contributed by atoms with Crippen molar-refractivity contribution in [3.63, 3.8) is 0 Å². The maximum Gasteiger partial charge on any atom is 0.416 e. The van der Waals surface area contributed by atoms with Gasteiger partial charge in [-0.2, -0.15) is 26.3 Å². The molecule has 154 valence electrons. The second-order valence-electron chi connectivity index (χ2n) is 5.45. The minimum atomic E-state index is -5.18. The first-order valence-corrected chi connectivity index (χ1v) is 8.80. The van der Waals surface area contributed by atoms with Crippen LogP contribution in [-0.4, -0.2) is 22.6 Å². The van der Waals surface area contributed by atoms with Crippen molar-refractivity contribution < 1.29 is 44.2 Å². The van der Waals surface area contributed by atoms with E-state index >= 15 is 0 Å². The number of alkyl halides is 6. The highest BCUT2D eigenvalue weighted by atomic mass is 32.2. The molecule has 0 aliphatic heterocycles. The normalized spacial score (nSPS) is 12.6. The Labute approximate surface area is 155 Å². The Morgan fingerprint density at radius 3 is 1.54 bits per heavy atom. The highest BCUT2D eigenvalue weighted by Gasteiger charge is 2.38. The van der Waals surface area contributed by atoms with E-state index in [1.54, 1.807) is 0 Å². The number of anilines is 1. The SMILES string of the molecule is COc1cc(NS(=O)(=O)c2cc(C(F)(F)F)cc(C(F)(F)F)c2)cc(OC)c1. The molecule has 1 N–H and O–H groups in total. The highest BCUT2D eigenvalue weighted by molar-refractivity contribution is 7.92. The molecular formula is C16H13F6NO4S. The summed E-state index contributed by atoms with van der Waals surface area (Å²) >= 11 is 0. The highest BCUT2D eigenvalue weighted by Crippen LogP contribution is 2.37. The molecule has 28 heavy (non-hydrogen) atoms. The van der Waals surface area contributed by atoms with Gasteiger partial charge in [-0.15, -0.1) is 0 Å². The van der Waals surface area contributed by atoms with Crippen LogP contribution >= 0.6 is 0 Å². The predicted octanol–water partition coefficient (Wildman–Crippen LogP) is 4.54. The van der Waals surface area contributed by atoms with Gasteiger partial charge in [0.2, 0.25) is 0 Å². The Morgan fingerprint density at radius 2 is 1.18 bits per heavy atom. The third-order valence-corrected chi connectivity index (χ3v) is 4.84. The third-order valence-electron chi connectivity index (χ3n) is 3.48. The number of methoxy groups -OCH3 is 2. The fraction of sp³-hybridized carbons (Fsp3) is 0.250. The first-order chi connectivity index (χ1) is 12.8. The Kier molecular flexibility index (Phi) is 5.74. The largest absolute Gasteiger partial charge is 0.497 e. The lowest BCUT2D eigenvalue weighted by atomic mass is 10.1. The molecule has 2 aromatic rings. The molecular weight excluding hydrogens is 416 g/mol. The Morgan fingerprint density at radius 1 is 0.750 bits per heavy atom. The molecule has 12 heteroatoms. The smallest absolute Gasteiger partial charge is 0.416 e. The zero-order chi connectivity index (χ0) is 21.3. The third kappa shape index (κ3) is 5.00. The van der Waals surface area contributed by atoms with Crippen LogP contribution in [0.4, 0.5) is 32.0 Å². The number of nitrogens with one attached hydrogen (secondary N) is 1.